The van der Waals surface area contributed by atoms with E-state index in [0.717, 1.165) is 72.5 Å². The Hall–Kier alpha value is -7.88. The number of hydrogen-bond acceptors (Lipinski definition) is 2. The number of anilines is 3. The Kier molecular flexibility index (Phi) is 8.53. The Morgan fingerprint density at radius 3 is 1.92 bits per heavy atom. The average Bonchev–Trinajstić information content (AvgIpc) is 3.86. The van der Waals surface area contributed by atoms with E-state index in [-0.39, 0.29) is 0 Å². The SMILES string of the molecule is C=Cc1ccccc1-c1cc(N(c2ccc(-c3ccc4c(c3)c3ccccc3n4-c3ccccc3)cc2)c2cccc3c2oc2ccc(-c4ccccc4)cc23)ccc1C. The maximum absolute atomic E-state index is 6.82. The number of rotatable bonds is 8. The van der Waals surface area contributed by atoms with Gasteiger partial charge in [0, 0.05) is 38.6 Å². The van der Waals surface area contributed by atoms with Crippen molar-refractivity contribution in [3.63, 3.8) is 0 Å². The van der Waals surface area contributed by atoms with Crippen LogP contribution in [0.2, 0.25) is 0 Å². The van der Waals surface area contributed by atoms with Gasteiger partial charge in [0.2, 0.25) is 0 Å². The molecule has 3 heteroatoms. The third kappa shape index (κ3) is 5.90. The number of fused-ring (bicyclic) bond motifs is 6. The number of para-hydroxylation sites is 3. The Bertz CT molecular complexity index is 3390. The van der Waals surface area contributed by atoms with Gasteiger partial charge in [0.25, 0.3) is 0 Å². The summed E-state index contributed by atoms with van der Waals surface area (Å²) in [7, 11) is 0. The van der Waals surface area contributed by atoms with Crippen LogP contribution in [0.1, 0.15) is 11.1 Å². The second-order valence-electron chi connectivity index (χ2n) is 15.4. The lowest BCUT2D eigenvalue weighted by atomic mass is 9.95. The summed E-state index contributed by atoms with van der Waals surface area (Å²) in [4.78, 5) is 2.34. The number of furan rings is 1. The smallest absolute Gasteiger partial charge is 0.159 e. The number of nitrogens with zero attached hydrogens (tertiary/aromatic N) is 2. The van der Waals surface area contributed by atoms with Crippen molar-refractivity contribution in [3.8, 4) is 39.1 Å². The molecule has 3 nitrogen and oxygen atoms in total. The zero-order valence-corrected chi connectivity index (χ0v) is 33.2. The third-order valence-corrected chi connectivity index (χ3v) is 11.9. The molecule has 0 aliphatic carbocycles. The van der Waals surface area contributed by atoms with Gasteiger partial charge in [0.1, 0.15) is 5.58 Å². The van der Waals surface area contributed by atoms with E-state index in [4.69, 9.17) is 4.42 Å². The monoisotopic (exact) mass is 768 g/mol. The molecule has 0 aliphatic rings. The molecule has 11 rings (SSSR count). The van der Waals surface area contributed by atoms with Crippen molar-refractivity contribution in [2.75, 3.05) is 4.90 Å². The van der Waals surface area contributed by atoms with Gasteiger partial charge in [-0.15, -0.1) is 0 Å². The molecule has 284 valence electrons. The van der Waals surface area contributed by atoms with Crippen molar-refractivity contribution < 1.29 is 4.42 Å². The molecule has 11 aromatic rings. The predicted octanol–water partition coefficient (Wildman–Crippen LogP) is 16.1. The summed E-state index contributed by atoms with van der Waals surface area (Å²) in [5.41, 5.74) is 17.6. The number of benzene rings is 9. The lowest BCUT2D eigenvalue weighted by molar-refractivity contribution is 0.669. The Balaban J connectivity index is 1.07. The number of aryl methyl sites for hydroxylation is 1. The van der Waals surface area contributed by atoms with E-state index in [0.29, 0.717) is 0 Å². The first-order valence-corrected chi connectivity index (χ1v) is 20.5. The first-order chi connectivity index (χ1) is 29.6. The van der Waals surface area contributed by atoms with Crippen LogP contribution in [0.3, 0.4) is 0 Å². The van der Waals surface area contributed by atoms with Crippen molar-refractivity contribution in [2.24, 2.45) is 0 Å². The largest absolute Gasteiger partial charge is 0.454 e. The van der Waals surface area contributed by atoms with Crippen LogP contribution in [-0.4, -0.2) is 4.57 Å². The molecule has 0 fully saturated rings. The molecule has 0 atom stereocenters. The summed E-state index contributed by atoms with van der Waals surface area (Å²) in [5, 5.41) is 4.65. The zero-order chi connectivity index (χ0) is 40.2. The Morgan fingerprint density at radius 2 is 1.10 bits per heavy atom. The molecule has 0 amide bonds. The summed E-state index contributed by atoms with van der Waals surface area (Å²) in [5.74, 6) is 0. The fourth-order valence-corrected chi connectivity index (χ4v) is 8.97. The summed E-state index contributed by atoms with van der Waals surface area (Å²) in [6.07, 6.45) is 1.94. The minimum atomic E-state index is 0.843. The quantitative estimate of drug-likeness (QED) is 0.154. The maximum atomic E-state index is 6.82. The van der Waals surface area contributed by atoms with E-state index >= 15 is 0 Å². The van der Waals surface area contributed by atoms with E-state index in [1.54, 1.807) is 0 Å². The molecular weight excluding hydrogens is 729 g/mol. The lowest BCUT2D eigenvalue weighted by Gasteiger charge is -2.27. The van der Waals surface area contributed by atoms with Crippen LogP contribution in [0.5, 0.6) is 0 Å². The van der Waals surface area contributed by atoms with Crippen molar-refractivity contribution >= 4 is 66.9 Å². The van der Waals surface area contributed by atoms with Gasteiger partial charge < -0.3 is 13.9 Å². The van der Waals surface area contributed by atoms with Gasteiger partial charge in [0.15, 0.2) is 5.58 Å². The first-order valence-electron chi connectivity index (χ1n) is 20.5. The van der Waals surface area contributed by atoms with Crippen molar-refractivity contribution in [2.45, 2.75) is 6.92 Å². The van der Waals surface area contributed by atoms with Gasteiger partial charge in [-0.25, -0.2) is 0 Å². The molecule has 2 heterocycles. The second-order valence-corrected chi connectivity index (χ2v) is 15.4. The van der Waals surface area contributed by atoms with E-state index in [1.807, 2.05) is 6.08 Å². The van der Waals surface area contributed by atoms with Crippen LogP contribution < -0.4 is 4.90 Å². The molecule has 0 spiro atoms. The molecule has 0 unspecified atom stereocenters. The summed E-state index contributed by atoms with van der Waals surface area (Å²) >= 11 is 0. The van der Waals surface area contributed by atoms with Gasteiger partial charge in [-0.3, -0.25) is 0 Å². The molecular formula is C57H40N2O. The Morgan fingerprint density at radius 1 is 0.467 bits per heavy atom. The topological polar surface area (TPSA) is 21.3 Å². The van der Waals surface area contributed by atoms with Gasteiger partial charge in [-0.05, 0) is 124 Å². The van der Waals surface area contributed by atoms with Crippen LogP contribution in [0.15, 0.2) is 217 Å². The van der Waals surface area contributed by atoms with E-state index in [9.17, 15) is 0 Å². The second kappa shape index (κ2) is 14.5. The molecule has 0 saturated carbocycles. The first kappa shape index (κ1) is 35.3. The zero-order valence-electron chi connectivity index (χ0n) is 33.2. The summed E-state index contributed by atoms with van der Waals surface area (Å²) in [6.45, 7) is 6.31. The van der Waals surface area contributed by atoms with Gasteiger partial charge >= 0.3 is 0 Å². The van der Waals surface area contributed by atoms with Crippen molar-refractivity contribution in [1.29, 1.82) is 0 Å². The highest BCUT2D eigenvalue weighted by atomic mass is 16.3. The highest BCUT2D eigenvalue weighted by Crippen LogP contribution is 2.45. The maximum Gasteiger partial charge on any atom is 0.159 e. The standard InChI is InChI=1S/C57H40N2O/c1-3-39-15-10-11-20-47(39)50-37-46(30-25-38(50)2)58(55-24-14-22-49-52-36-43(40-16-6-4-7-17-40)29-34-56(52)60-57(49)55)45-31-26-41(27-32-45)42-28-33-54-51(35-42)48-21-12-13-23-53(48)59(54)44-18-8-5-9-19-44/h3-37H,1H2,2H3. The fraction of sp³-hybridized carbons (Fsp3) is 0.0175. The highest BCUT2D eigenvalue weighted by Gasteiger charge is 2.21. The average molecular weight is 769 g/mol. The lowest BCUT2D eigenvalue weighted by Crippen LogP contribution is -2.10. The highest BCUT2D eigenvalue weighted by molar-refractivity contribution is 6.12. The Labute approximate surface area is 349 Å². The normalized spacial score (nSPS) is 11.5. The predicted molar refractivity (Wildman–Crippen MR) is 254 cm³/mol. The minimum absolute atomic E-state index is 0.843. The van der Waals surface area contributed by atoms with Crippen LogP contribution in [0.25, 0.3) is 88.9 Å². The van der Waals surface area contributed by atoms with E-state index < -0.39 is 0 Å². The summed E-state index contributed by atoms with van der Waals surface area (Å²) in [6, 6.07) is 73.8. The molecule has 0 saturated heterocycles. The fourth-order valence-electron chi connectivity index (χ4n) is 8.97. The number of aromatic nitrogens is 1. The van der Waals surface area contributed by atoms with E-state index in [2.05, 4.69) is 229 Å². The number of hydrogen-bond donors (Lipinski definition) is 0. The molecule has 0 aliphatic heterocycles. The van der Waals surface area contributed by atoms with Crippen LogP contribution in [-0.2, 0) is 0 Å². The van der Waals surface area contributed by atoms with Crippen LogP contribution in [0.4, 0.5) is 17.1 Å². The molecule has 9 aromatic carbocycles. The van der Waals surface area contributed by atoms with Crippen molar-refractivity contribution in [1.82, 2.24) is 4.57 Å². The molecule has 0 radical (unpaired) electrons. The third-order valence-electron chi connectivity index (χ3n) is 11.9. The van der Waals surface area contributed by atoms with Gasteiger partial charge in [-0.2, -0.15) is 0 Å². The molecule has 2 aromatic heterocycles. The summed E-state index contributed by atoms with van der Waals surface area (Å²) < 4.78 is 9.18. The van der Waals surface area contributed by atoms with Gasteiger partial charge in [0.05, 0.1) is 16.7 Å². The van der Waals surface area contributed by atoms with Crippen LogP contribution in [0, 0.1) is 6.92 Å². The van der Waals surface area contributed by atoms with Crippen LogP contribution >= 0.6 is 0 Å². The minimum Gasteiger partial charge on any atom is -0.454 e. The molecule has 0 bridgehead atoms. The van der Waals surface area contributed by atoms with E-state index in [1.165, 1.54) is 38.5 Å². The molecule has 0 N–H and O–H groups in total. The van der Waals surface area contributed by atoms with Crippen molar-refractivity contribution in [3.05, 3.63) is 224 Å². The van der Waals surface area contributed by atoms with Gasteiger partial charge in [-0.1, -0.05) is 146 Å². The molecule has 60 heavy (non-hydrogen) atoms.